The summed E-state index contributed by atoms with van der Waals surface area (Å²) in [4.78, 5) is 13.2. The molecule has 1 heterocycles. The molecule has 4 saturated carbocycles. The van der Waals surface area contributed by atoms with E-state index in [0.717, 1.165) is 43.4 Å². The predicted octanol–water partition coefficient (Wildman–Crippen LogP) is 4.62. The van der Waals surface area contributed by atoms with Crippen LogP contribution in [0.3, 0.4) is 0 Å². The van der Waals surface area contributed by atoms with E-state index in [1.165, 1.54) is 23.6 Å². The fourth-order valence-electron chi connectivity index (χ4n) is 6.98. The molecule has 1 aromatic carbocycles. The Morgan fingerprint density at radius 2 is 1.65 bits per heavy atom. The summed E-state index contributed by atoms with van der Waals surface area (Å²) in [6.07, 6.45) is 8.71. The molecule has 5 fully saturated rings. The van der Waals surface area contributed by atoms with Crippen molar-refractivity contribution in [2.24, 2.45) is 23.7 Å². The Hall–Kier alpha value is -0.820. The number of piperidine rings is 1. The molecule has 1 aliphatic heterocycles. The molecule has 6 rings (SSSR count). The van der Waals surface area contributed by atoms with Gasteiger partial charge >= 0.3 is 0 Å². The van der Waals surface area contributed by atoms with E-state index < -0.39 is 10.0 Å². The summed E-state index contributed by atoms with van der Waals surface area (Å²) < 4.78 is 27.7. The van der Waals surface area contributed by atoms with Crippen LogP contribution in [0.25, 0.3) is 0 Å². The van der Waals surface area contributed by atoms with Gasteiger partial charge in [-0.2, -0.15) is 0 Å². The summed E-state index contributed by atoms with van der Waals surface area (Å²) in [5.74, 6) is 1.78. The van der Waals surface area contributed by atoms with E-state index >= 15 is 0 Å². The Balaban J connectivity index is 1.26. The maximum Gasteiger partial charge on any atom is 0.224 e. The van der Waals surface area contributed by atoms with Crippen molar-refractivity contribution >= 4 is 39.1 Å². The lowest BCUT2D eigenvalue weighted by Gasteiger charge is -2.57. The van der Waals surface area contributed by atoms with Crippen molar-refractivity contribution < 1.29 is 13.2 Å². The topological polar surface area (TPSA) is 66.5 Å². The third-order valence-electron chi connectivity index (χ3n) is 7.96. The molecule has 1 aromatic rings. The van der Waals surface area contributed by atoms with Crippen LogP contribution in [-0.4, -0.2) is 37.3 Å². The van der Waals surface area contributed by atoms with Gasteiger partial charge in [-0.3, -0.25) is 4.79 Å². The first-order valence-corrected chi connectivity index (χ1v) is 13.8. The van der Waals surface area contributed by atoms with E-state index in [1.54, 1.807) is 18.2 Å². The predicted molar refractivity (Wildman–Crippen MR) is 122 cm³/mol. The van der Waals surface area contributed by atoms with Gasteiger partial charge in [0.1, 0.15) is 0 Å². The Morgan fingerprint density at radius 1 is 1.06 bits per heavy atom. The average molecular weight is 485 g/mol. The number of benzene rings is 1. The first-order valence-electron chi connectivity index (χ1n) is 11.5. The van der Waals surface area contributed by atoms with E-state index in [0.29, 0.717) is 28.6 Å². The quantitative estimate of drug-likeness (QED) is 0.662. The number of amides is 1. The van der Waals surface area contributed by atoms with Crippen LogP contribution >= 0.6 is 23.2 Å². The van der Waals surface area contributed by atoms with E-state index in [2.05, 4.69) is 5.32 Å². The molecule has 31 heavy (non-hydrogen) atoms. The minimum absolute atomic E-state index is 0.0395. The summed E-state index contributed by atoms with van der Waals surface area (Å²) in [5, 5.41) is 4.13. The molecule has 5 aliphatic rings. The zero-order valence-corrected chi connectivity index (χ0v) is 20.0. The smallest absolute Gasteiger partial charge is 0.224 e. The van der Waals surface area contributed by atoms with Crippen molar-refractivity contribution in [3.63, 3.8) is 0 Å². The molecule has 8 heteroatoms. The number of carbonyl (C=O) groups excluding carboxylic acids is 1. The molecule has 0 radical (unpaired) electrons. The van der Waals surface area contributed by atoms with Crippen molar-refractivity contribution in [3.8, 4) is 0 Å². The molecule has 0 spiro atoms. The number of sulfonamides is 1. The summed E-state index contributed by atoms with van der Waals surface area (Å²) in [6, 6.07) is 5.00. The average Bonchev–Trinajstić information content (AvgIpc) is 2.70. The first kappa shape index (κ1) is 22.0. The molecule has 170 valence electrons. The molecule has 0 unspecified atom stereocenters. The summed E-state index contributed by atoms with van der Waals surface area (Å²) >= 11 is 12.4. The second-order valence-corrected chi connectivity index (χ2v) is 13.1. The van der Waals surface area contributed by atoms with Gasteiger partial charge in [-0.05, 0) is 81.3 Å². The van der Waals surface area contributed by atoms with Crippen molar-refractivity contribution in [1.82, 2.24) is 9.62 Å². The molecule has 5 nitrogen and oxygen atoms in total. The molecule has 1 atom stereocenters. The molecule has 4 bridgehead atoms. The van der Waals surface area contributed by atoms with Crippen molar-refractivity contribution in [1.29, 1.82) is 0 Å². The van der Waals surface area contributed by atoms with Gasteiger partial charge in [0.25, 0.3) is 0 Å². The zero-order valence-electron chi connectivity index (χ0n) is 17.7. The van der Waals surface area contributed by atoms with Crippen LogP contribution in [0.4, 0.5) is 0 Å². The summed E-state index contributed by atoms with van der Waals surface area (Å²) in [7, 11) is -3.62. The van der Waals surface area contributed by atoms with Crippen LogP contribution in [0.1, 0.15) is 56.9 Å². The number of carbonyl (C=O) groups is 1. The van der Waals surface area contributed by atoms with Crippen molar-refractivity contribution in [2.45, 2.75) is 62.7 Å². The fourth-order valence-corrected chi connectivity index (χ4v) is 9.34. The van der Waals surface area contributed by atoms with Crippen LogP contribution in [0.5, 0.6) is 0 Å². The van der Waals surface area contributed by atoms with Crippen LogP contribution in [0, 0.1) is 23.7 Å². The highest BCUT2D eigenvalue weighted by atomic mass is 35.5. The van der Waals surface area contributed by atoms with Crippen LogP contribution in [0.15, 0.2) is 18.2 Å². The van der Waals surface area contributed by atoms with Gasteiger partial charge in [0.05, 0.1) is 11.7 Å². The van der Waals surface area contributed by atoms with Gasteiger partial charge in [0, 0.05) is 34.2 Å². The summed E-state index contributed by atoms with van der Waals surface area (Å²) in [5.41, 5.74) is 0.379. The minimum Gasteiger partial charge on any atom is -0.350 e. The zero-order chi connectivity index (χ0) is 21.8. The maximum absolute atomic E-state index is 13.2. The molecular weight excluding hydrogens is 455 g/mol. The highest BCUT2D eigenvalue weighted by Crippen LogP contribution is 2.55. The molecule has 1 N–H and O–H groups in total. The number of nitrogens with one attached hydrogen (secondary N) is 1. The van der Waals surface area contributed by atoms with Gasteiger partial charge in [0.15, 0.2) is 0 Å². The molecule has 4 aliphatic carbocycles. The van der Waals surface area contributed by atoms with Crippen LogP contribution in [-0.2, 0) is 20.6 Å². The second kappa shape index (κ2) is 8.19. The minimum atomic E-state index is -3.62. The standard InChI is InChI=1S/C23H30Cl2N2O3S/c24-20-4-1-5-21(25)19(20)14-31(29,30)27-6-2-3-18(13-27)22(28)26-23-10-15-7-16(11-23)9-17(8-15)12-23/h1,4-5,15-18H,2-3,6-14H2,(H,26,28)/t15?,16?,17?,18-,23?/m0/s1. The van der Waals surface area contributed by atoms with Gasteiger partial charge in [-0.15, -0.1) is 0 Å². The lowest BCUT2D eigenvalue weighted by molar-refractivity contribution is -0.131. The molecular formula is C23H30Cl2N2O3S. The van der Waals surface area contributed by atoms with E-state index in [1.807, 2.05) is 0 Å². The summed E-state index contributed by atoms with van der Waals surface area (Å²) in [6.45, 7) is 0.675. The Kier molecular flexibility index (Phi) is 5.81. The Bertz CT molecular complexity index is 925. The van der Waals surface area contributed by atoms with Gasteiger partial charge in [0.2, 0.25) is 15.9 Å². The monoisotopic (exact) mass is 484 g/mol. The third kappa shape index (κ3) is 4.38. The highest BCUT2D eigenvalue weighted by Gasteiger charge is 2.52. The first-order chi connectivity index (χ1) is 14.7. The number of halogens is 2. The van der Waals surface area contributed by atoms with Gasteiger partial charge < -0.3 is 5.32 Å². The SMILES string of the molecule is O=C(NC12CC3CC(CC(C3)C1)C2)[C@H]1CCCN(S(=O)(=O)Cc2c(Cl)cccc2Cl)C1. The lowest BCUT2D eigenvalue weighted by atomic mass is 9.53. The molecule has 1 saturated heterocycles. The second-order valence-electron chi connectivity index (χ2n) is 10.3. The molecule has 1 amide bonds. The largest absolute Gasteiger partial charge is 0.350 e. The normalized spacial score (nSPS) is 35.3. The van der Waals surface area contributed by atoms with Gasteiger partial charge in [-0.1, -0.05) is 29.3 Å². The fraction of sp³-hybridized carbons (Fsp3) is 0.696. The van der Waals surface area contributed by atoms with Crippen LogP contribution < -0.4 is 5.32 Å². The number of hydrogen-bond acceptors (Lipinski definition) is 3. The Labute approximate surface area is 194 Å². The number of hydrogen-bond donors (Lipinski definition) is 1. The van der Waals surface area contributed by atoms with Gasteiger partial charge in [-0.25, -0.2) is 12.7 Å². The van der Waals surface area contributed by atoms with E-state index in [9.17, 15) is 13.2 Å². The lowest BCUT2D eigenvalue weighted by Crippen LogP contribution is -2.61. The number of nitrogens with zero attached hydrogens (tertiary/aromatic N) is 1. The maximum atomic E-state index is 13.2. The van der Waals surface area contributed by atoms with Crippen molar-refractivity contribution in [2.75, 3.05) is 13.1 Å². The van der Waals surface area contributed by atoms with E-state index in [-0.39, 0.29) is 29.7 Å². The van der Waals surface area contributed by atoms with Crippen LogP contribution in [0.2, 0.25) is 10.0 Å². The number of rotatable bonds is 5. The Morgan fingerprint density at radius 3 is 2.23 bits per heavy atom. The van der Waals surface area contributed by atoms with E-state index in [4.69, 9.17) is 23.2 Å². The third-order valence-corrected chi connectivity index (χ3v) is 10.4. The molecule has 0 aromatic heterocycles. The van der Waals surface area contributed by atoms with Crippen molar-refractivity contribution in [3.05, 3.63) is 33.8 Å². The highest BCUT2D eigenvalue weighted by molar-refractivity contribution is 7.88.